The van der Waals surface area contributed by atoms with Gasteiger partial charge in [-0.25, -0.2) is 9.18 Å². The van der Waals surface area contributed by atoms with Crippen LogP contribution in [0.15, 0.2) is 30.3 Å². The van der Waals surface area contributed by atoms with Gasteiger partial charge in [-0.1, -0.05) is 37.8 Å². The Morgan fingerprint density at radius 3 is 2.43 bits per heavy atom. The second-order valence-corrected chi connectivity index (χ2v) is 5.75. The molecule has 0 heterocycles. The highest BCUT2D eigenvalue weighted by molar-refractivity contribution is 5.89. The van der Waals surface area contributed by atoms with E-state index in [1.165, 1.54) is 37.1 Å². The van der Waals surface area contributed by atoms with Gasteiger partial charge in [-0.15, -0.1) is 0 Å². The molecule has 124 valence electrons. The summed E-state index contributed by atoms with van der Waals surface area (Å²) in [4.78, 5) is 23.4. The molecule has 1 fully saturated rings. The van der Waals surface area contributed by atoms with E-state index in [1.54, 1.807) is 12.1 Å². The number of amides is 1. The van der Waals surface area contributed by atoms with Crippen molar-refractivity contribution >= 4 is 18.0 Å². The van der Waals surface area contributed by atoms with E-state index in [9.17, 15) is 14.0 Å². The molecule has 0 radical (unpaired) electrons. The molecule has 5 heteroatoms. The van der Waals surface area contributed by atoms with Crippen LogP contribution in [-0.2, 0) is 14.3 Å². The largest absolute Gasteiger partial charge is 0.452 e. The van der Waals surface area contributed by atoms with Crippen molar-refractivity contribution in [3.8, 4) is 0 Å². The van der Waals surface area contributed by atoms with Crippen molar-refractivity contribution in [1.82, 2.24) is 5.32 Å². The maximum absolute atomic E-state index is 12.8. The zero-order valence-electron chi connectivity index (χ0n) is 13.1. The standard InChI is InChI=1S/C18H22FNO3/c19-15-10-7-14(8-11-15)9-12-18(22)23-13-17(21)20-16-5-3-1-2-4-6-16/h7-12,16H,1-6,13H2,(H,20,21). The highest BCUT2D eigenvalue weighted by Gasteiger charge is 2.15. The van der Waals surface area contributed by atoms with Crippen molar-refractivity contribution in [2.75, 3.05) is 6.61 Å². The van der Waals surface area contributed by atoms with Crippen LogP contribution in [0.1, 0.15) is 44.1 Å². The molecule has 1 aromatic carbocycles. The number of ether oxygens (including phenoxy) is 1. The average molecular weight is 319 g/mol. The molecular weight excluding hydrogens is 297 g/mol. The summed E-state index contributed by atoms with van der Waals surface area (Å²) in [6, 6.07) is 5.92. The second-order valence-electron chi connectivity index (χ2n) is 5.75. The van der Waals surface area contributed by atoms with Crippen molar-refractivity contribution < 1.29 is 18.7 Å². The zero-order valence-corrected chi connectivity index (χ0v) is 13.1. The second kappa shape index (κ2) is 9.08. The monoisotopic (exact) mass is 319 g/mol. The average Bonchev–Trinajstić information content (AvgIpc) is 2.81. The lowest BCUT2D eigenvalue weighted by molar-refractivity contribution is -0.144. The van der Waals surface area contributed by atoms with Gasteiger partial charge in [0.2, 0.25) is 0 Å². The summed E-state index contributed by atoms with van der Waals surface area (Å²) in [6.07, 6.45) is 9.42. The summed E-state index contributed by atoms with van der Waals surface area (Å²) < 4.78 is 17.7. The zero-order chi connectivity index (χ0) is 16.5. The summed E-state index contributed by atoms with van der Waals surface area (Å²) in [5.41, 5.74) is 0.686. The molecule has 1 amide bonds. The number of hydrogen-bond donors (Lipinski definition) is 1. The van der Waals surface area contributed by atoms with Crippen LogP contribution in [0, 0.1) is 5.82 Å². The van der Waals surface area contributed by atoms with Crippen molar-refractivity contribution in [3.05, 3.63) is 41.7 Å². The van der Waals surface area contributed by atoms with Gasteiger partial charge < -0.3 is 10.1 Å². The number of esters is 1. The third-order valence-corrected chi connectivity index (χ3v) is 3.85. The van der Waals surface area contributed by atoms with Gasteiger partial charge in [0.15, 0.2) is 6.61 Å². The van der Waals surface area contributed by atoms with Crippen molar-refractivity contribution in [3.63, 3.8) is 0 Å². The summed E-state index contributed by atoms with van der Waals surface area (Å²) >= 11 is 0. The molecule has 1 aromatic rings. The summed E-state index contributed by atoms with van der Waals surface area (Å²) in [5, 5.41) is 2.91. The lowest BCUT2D eigenvalue weighted by Gasteiger charge is -2.15. The molecule has 0 unspecified atom stereocenters. The molecule has 0 bridgehead atoms. The highest BCUT2D eigenvalue weighted by atomic mass is 19.1. The van der Waals surface area contributed by atoms with E-state index in [1.807, 2.05) is 0 Å². The minimum absolute atomic E-state index is 0.193. The van der Waals surface area contributed by atoms with E-state index in [0.29, 0.717) is 5.56 Å². The Balaban J connectivity index is 1.70. The SMILES string of the molecule is O=C(COC(=O)C=Cc1ccc(F)cc1)NC1CCCCCC1. The van der Waals surface area contributed by atoms with Crippen LogP contribution in [0.4, 0.5) is 4.39 Å². The normalized spacial score (nSPS) is 16.0. The smallest absolute Gasteiger partial charge is 0.331 e. The molecule has 4 nitrogen and oxygen atoms in total. The highest BCUT2D eigenvalue weighted by Crippen LogP contribution is 2.17. The number of carbonyl (C=O) groups is 2. The fourth-order valence-corrected chi connectivity index (χ4v) is 2.62. The van der Waals surface area contributed by atoms with Gasteiger partial charge in [-0.3, -0.25) is 4.79 Å². The number of hydrogen-bond acceptors (Lipinski definition) is 3. The number of carbonyl (C=O) groups excluding carboxylic acids is 2. The molecule has 0 aromatic heterocycles. The Morgan fingerprint density at radius 2 is 1.78 bits per heavy atom. The van der Waals surface area contributed by atoms with E-state index in [-0.39, 0.29) is 24.4 Å². The van der Waals surface area contributed by atoms with Crippen LogP contribution in [0.5, 0.6) is 0 Å². The Bertz CT molecular complexity index is 546. The number of rotatable bonds is 5. The lowest BCUT2D eigenvalue weighted by atomic mass is 10.1. The molecule has 1 aliphatic carbocycles. The predicted molar refractivity (Wildman–Crippen MR) is 86.0 cm³/mol. The molecule has 1 saturated carbocycles. The minimum Gasteiger partial charge on any atom is -0.452 e. The third-order valence-electron chi connectivity index (χ3n) is 3.85. The fraction of sp³-hybridized carbons (Fsp3) is 0.444. The van der Waals surface area contributed by atoms with Crippen LogP contribution < -0.4 is 5.32 Å². The number of nitrogens with one attached hydrogen (secondary N) is 1. The Labute approximate surface area is 135 Å². The maximum atomic E-state index is 12.8. The molecule has 0 spiro atoms. The third kappa shape index (κ3) is 6.63. The van der Waals surface area contributed by atoms with E-state index in [4.69, 9.17) is 4.74 Å². The number of benzene rings is 1. The molecule has 2 rings (SSSR count). The van der Waals surface area contributed by atoms with Gasteiger partial charge in [0.05, 0.1) is 0 Å². The van der Waals surface area contributed by atoms with E-state index in [0.717, 1.165) is 25.7 Å². The number of halogens is 1. The molecule has 0 atom stereocenters. The quantitative estimate of drug-likeness (QED) is 0.515. The van der Waals surface area contributed by atoms with Gasteiger partial charge in [-0.05, 0) is 36.6 Å². The molecule has 1 aliphatic rings. The first-order chi connectivity index (χ1) is 11.1. The summed E-state index contributed by atoms with van der Waals surface area (Å²) in [6.45, 7) is -0.275. The molecule has 0 saturated heterocycles. The minimum atomic E-state index is -0.592. The first-order valence-electron chi connectivity index (χ1n) is 8.03. The van der Waals surface area contributed by atoms with Crippen molar-refractivity contribution in [1.29, 1.82) is 0 Å². The van der Waals surface area contributed by atoms with Crippen molar-refractivity contribution in [2.24, 2.45) is 0 Å². The molecular formula is C18H22FNO3. The maximum Gasteiger partial charge on any atom is 0.331 e. The summed E-state index contributed by atoms with van der Waals surface area (Å²) in [7, 11) is 0. The Morgan fingerprint density at radius 1 is 1.13 bits per heavy atom. The van der Waals surface area contributed by atoms with Crippen LogP contribution >= 0.6 is 0 Å². The first-order valence-corrected chi connectivity index (χ1v) is 8.03. The predicted octanol–water partition coefficient (Wildman–Crippen LogP) is 3.22. The first kappa shape index (κ1) is 17.2. The van der Waals surface area contributed by atoms with Gasteiger partial charge in [0.25, 0.3) is 5.91 Å². The van der Waals surface area contributed by atoms with Crippen LogP contribution in [0.3, 0.4) is 0 Å². The lowest BCUT2D eigenvalue weighted by Crippen LogP contribution is -2.37. The van der Waals surface area contributed by atoms with Gasteiger partial charge in [0, 0.05) is 12.1 Å². The molecule has 23 heavy (non-hydrogen) atoms. The van der Waals surface area contributed by atoms with E-state index < -0.39 is 5.97 Å². The van der Waals surface area contributed by atoms with Gasteiger partial charge >= 0.3 is 5.97 Å². The molecule has 0 aliphatic heterocycles. The fourth-order valence-electron chi connectivity index (χ4n) is 2.62. The topological polar surface area (TPSA) is 55.4 Å². The Hall–Kier alpha value is -2.17. The Kier molecular flexibility index (Phi) is 6.78. The van der Waals surface area contributed by atoms with Gasteiger partial charge in [0.1, 0.15) is 5.82 Å². The van der Waals surface area contributed by atoms with Crippen molar-refractivity contribution in [2.45, 2.75) is 44.6 Å². The summed E-state index contributed by atoms with van der Waals surface area (Å²) in [5.74, 6) is -1.19. The van der Waals surface area contributed by atoms with E-state index >= 15 is 0 Å². The molecule has 1 N–H and O–H groups in total. The van der Waals surface area contributed by atoms with E-state index in [2.05, 4.69) is 5.32 Å². The van der Waals surface area contributed by atoms with Crippen LogP contribution in [0.2, 0.25) is 0 Å². The van der Waals surface area contributed by atoms with Gasteiger partial charge in [-0.2, -0.15) is 0 Å². The van der Waals surface area contributed by atoms with Crippen LogP contribution in [0.25, 0.3) is 6.08 Å². The van der Waals surface area contributed by atoms with Crippen LogP contribution in [-0.4, -0.2) is 24.5 Å².